The summed E-state index contributed by atoms with van der Waals surface area (Å²) >= 11 is 1.83. The van der Waals surface area contributed by atoms with E-state index in [1.807, 2.05) is 28.5 Å². The molecule has 4 rings (SSSR count). The maximum absolute atomic E-state index is 13.4. The zero-order valence-corrected chi connectivity index (χ0v) is 11.9. The lowest BCUT2D eigenvalue weighted by Gasteiger charge is -2.10. The molecule has 0 saturated heterocycles. The summed E-state index contributed by atoms with van der Waals surface area (Å²) in [6.45, 7) is 0.737. The Labute approximate surface area is 124 Å². The second-order valence-corrected chi connectivity index (χ2v) is 6.55. The molecule has 0 radical (unpaired) electrons. The highest BCUT2D eigenvalue weighted by atomic mass is 32.2. The fourth-order valence-electron chi connectivity index (χ4n) is 2.77. The zero-order valence-electron chi connectivity index (χ0n) is 11.1. The lowest BCUT2D eigenvalue weighted by Crippen LogP contribution is -2.11. The van der Waals surface area contributed by atoms with E-state index in [0.717, 1.165) is 19.0 Å². The number of halogens is 2. The van der Waals surface area contributed by atoms with Gasteiger partial charge in [-0.2, -0.15) is 0 Å². The number of fused-ring (bicyclic) bond motifs is 2. The quantitative estimate of drug-likeness (QED) is 0.711. The van der Waals surface area contributed by atoms with Crippen molar-refractivity contribution in [2.75, 3.05) is 0 Å². The first-order chi connectivity index (χ1) is 10.2. The van der Waals surface area contributed by atoms with Crippen LogP contribution in [0.2, 0.25) is 0 Å². The molecule has 1 aliphatic rings. The Morgan fingerprint density at radius 3 is 2.86 bits per heavy atom. The van der Waals surface area contributed by atoms with Crippen LogP contribution in [0.15, 0.2) is 47.6 Å². The molecule has 0 amide bonds. The fraction of sp³-hybridized carbons (Fsp3) is 0.188. The van der Waals surface area contributed by atoms with Crippen molar-refractivity contribution in [1.29, 1.82) is 0 Å². The number of aromatic nitrogens is 2. The first-order valence-electron chi connectivity index (χ1n) is 6.75. The van der Waals surface area contributed by atoms with Gasteiger partial charge in [-0.15, -0.1) is 11.8 Å². The van der Waals surface area contributed by atoms with Crippen molar-refractivity contribution in [3.63, 3.8) is 0 Å². The minimum Gasteiger partial charge on any atom is -0.329 e. The molecule has 1 aliphatic heterocycles. The Kier molecular flexibility index (Phi) is 2.96. The molecule has 21 heavy (non-hydrogen) atoms. The van der Waals surface area contributed by atoms with Gasteiger partial charge in [-0.1, -0.05) is 18.2 Å². The molecular weight excluding hydrogens is 290 g/mol. The van der Waals surface area contributed by atoms with E-state index in [1.165, 1.54) is 16.5 Å². The number of imidazole rings is 1. The van der Waals surface area contributed by atoms with E-state index in [0.29, 0.717) is 16.3 Å². The topological polar surface area (TPSA) is 17.8 Å². The monoisotopic (exact) mass is 302 g/mol. The van der Waals surface area contributed by atoms with Crippen LogP contribution in [0.1, 0.15) is 5.56 Å². The number of thioether (sulfide) groups is 1. The third kappa shape index (κ3) is 2.21. The highest BCUT2D eigenvalue weighted by molar-refractivity contribution is 8.00. The van der Waals surface area contributed by atoms with E-state index in [1.54, 1.807) is 6.33 Å². The molecule has 0 N–H and O–H groups in total. The lowest BCUT2D eigenvalue weighted by atomic mass is 10.1. The molecule has 0 saturated carbocycles. The summed E-state index contributed by atoms with van der Waals surface area (Å²) in [6, 6.07) is 10.7. The molecule has 1 unspecified atom stereocenters. The molecule has 0 aliphatic carbocycles. The Morgan fingerprint density at radius 2 is 2.00 bits per heavy atom. The average molecular weight is 302 g/mol. The number of hydrogen-bond acceptors (Lipinski definition) is 2. The van der Waals surface area contributed by atoms with E-state index in [-0.39, 0.29) is 0 Å². The summed E-state index contributed by atoms with van der Waals surface area (Å²) in [5.41, 5.74) is 2.49. The van der Waals surface area contributed by atoms with Crippen LogP contribution in [0, 0.1) is 11.6 Å². The minimum absolute atomic E-state index is 0.396. The zero-order chi connectivity index (χ0) is 14.4. The van der Waals surface area contributed by atoms with E-state index < -0.39 is 11.6 Å². The van der Waals surface area contributed by atoms with Crippen molar-refractivity contribution in [2.24, 2.45) is 0 Å². The van der Waals surface area contributed by atoms with Gasteiger partial charge in [-0.3, -0.25) is 0 Å². The van der Waals surface area contributed by atoms with Crippen LogP contribution in [0.5, 0.6) is 0 Å². The summed E-state index contributed by atoms with van der Waals surface area (Å²) < 4.78 is 28.5. The summed E-state index contributed by atoms with van der Waals surface area (Å²) in [5.74, 6) is -1.68. The highest BCUT2D eigenvalue weighted by Gasteiger charge is 2.22. The second kappa shape index (κ2) is 4.84. The van der Waals surface area contributed by atoms with Crippen molar-refractivity contribution >= 4 is 22.8 Å². The van der Waals surface area contributed by atoms with Gasteiger partial charge in [0.05, 0.1) is 17.4 Å². The van der Waals surface area contributed by atoms with Gasteiger partial charge in [-0.05, 0) is 18.1 Å². The molecule has 5 heteroatoms. The largest absolute Gasteiger partial charge is 0.329 e. The predicted molar refractivity (Wildman–Crippen MR) is 79.4 cm³/mol. The van der Waals surface area contributed by atoms with Crippen LogP contribution < -0.4 is 0 Å². The predicted octanol–water partition coefficient (Wildman–Crippen LogP) is 4.03. The molecule has 106 valence electrons. The van der Waals surface area contributed by atoms with Gasteiger partial charge in [0, 0.05) is 28.8 Å². The fourth-order valence-corrected chi connectivity index (χ4v) is 4.09. The van der Waals surface area contributed by atoms with Crippen molar-refractivity contribution < 1.29 is 8.78 Å². The number of benzene rings is 2. The van der Waals surface area contributed by atoms with Crippen LogP contribution in [0.3, 0.4) is 0 Å². The van der Waals surface area contributed by atoms with E-state index >= 15 is 0 Å². The SMILES string of the molecule is Fc1cc2ncn(CC3Cc4ccccc4S3)c2cc1F. The number of nitrogens with zero attached hydrogens (tertiary/aromatic N) is 2. The third-order valence-electron chi connectivity index (χ3n) is 3.78. The molecule has 2 nitrogen and oxygen atoms in total. The lowest BCUT2D eigenvalue weighted by molar-refractivity contribution is 0.510. The van der Waals surface area contributed by atoms with Crippen LogP contribution in [-0.2, 0) is 13.0 Å². The standard InChI is InChI=1S/C16H12F2N2S/c17-12-6-14-15(7-13(12)18)20(9-19-14)8-11-5-10-3-1-2-4-16(10)21-11/h1-4,6-7,9,11H,5,8H2. The van der Waals surface area contributed by atoms with Crippen LogP contribution >= 0.6 is 11.8 Å². The second-order valence-electron chi connectivity index (χ2n) is 5.20. The Bertz CT molecular complexity index is 803. The summed E-state index contributed by atoms with van der Waals surface area (Å²) in [6.07, 6.45) is 2.65. The maximum atomic E-state index is 13.4. The molecule has 0 spiro atoms. The molecular formula is C16H12F2N2S. The molecule has 0 bridgehead atoms. The van der Waals surface area contributed by atoms with Crippen LogP contribution in [-0.4, -0.2) is 14.8 Å². The Balaban J connectivity index is 1.63. The van der Waals surface area contributed by atoms with Gasteiger partial charge in [0.15, 0.2) is 11.6 Å². The smallest absolute Gasteiger partial charge is 0.161 e. The Morgan fingerprint density at radius 1 is 1.19 bits per heavy atom. The summed E-state index contributed by atoms with van der Waals surface area (Å²) in [7, 11) is 0. The van der Waals surface area contributed by atoms with Gasteiger partial charge >= 0.3 is 0 Å². The number of hydrogen-bond donors (Lipinski definition) is 0. The first kappa shape index (κ1) is 12.8. The summed E-state index contributed by atoms with van der Waals surface area (Å²) in [4.78, 5) is 5.47. The van der Waals surface area contributed by atoms with Gasteiger partial charge in [-0.25, -0.2) is 13.8 Å². The van der Waals surface area contributed by atoms with E-state index in [2.05, 4.69) is 17.1 Å². The molecule has 1 aromatic heterocycles. The van der Waals surface area contributed by atoms with Gasteiger partial charge in [0.1, 0.15) is 0 Å². The first-order valence-corrected chi connectivity index (χ1v) is 7.63. The van der Waals surface area contributed by atoms with E-state index in [9.17, 15) is 8.78 Å². The van der Waals surface area contributed by atoms with Crippen molar-refractivity contribution in [3.8, 4) is 0 Å². The minimum atomic E-state index is -0.851. The Hall–Kier alpha value is -1.88. The average Bonchev–Trinajstić information content (AvgIpc) is 3.04. The maximum Gasteiger partial charge on any atom is 0.161 e. The van der Waals surface area contributed by atoms with Crippen molar-refractivity contribution in [3.05, 3.63) is 59.9 Å². The third-order valence-corrected chi connectivity index (χ3v) is 5.08. The molecule has 3 aromatic rings. The van der Waals surface area contributed by atoms with Crippen LogP contribution in [0.4, 0.5) is 8.78 Å². The summed E-state index contributed by atoms with van der Waals surface area (Å²) in [5, 5.41) is 0.396. The van der Waals surface area contributed by atoms with E-state index in [4.69, 9.17) is 0 Å². The normalized spacial score (nSPS) is 17.3. The number of rotatable bonds is 2. The van der Waals surface area contributed by atoms with Gasteiger partial charge in [0.25, 0.3) is 0 Å². The molecule has 2 heterocycles. The van der Waals surface area contributed by atoms with Gasteiger partial charge in [0.2, 0.25) is 0 Å². The van der Waals surface area contributed by atoms with Crippen molar-refractivity contribution in [2.45, 2.75) is 23.1 Å². The van der Waals surface area contributed by atoms with Crippen LogP contribution in [0.25, 0.3) is 11.0 Å². The molecule has 2 aromatic carbocycles. The van der Waals surface area contributed by atoms with Crippen molar-refractivity contribution in [1.82, 2.24) is 9.55 Å². The molecule has 1 atom stereocenters. The molecule has 0 fully saturated rings. The van der Waals surface area contributed by atoms with Gasteiger partial charge < -0.3 is 4.57 Å². The highest BCUT2D eigenvalue weighted by Crippen LogP contribution is 2.37.